The Hall–Kier alpha value is -2.09. The van der Waals surface area contributed by atoms with E-state index in [0.29, 0.717) is 0 Å². The van der Waals surface area contributed by atoms with Crippen LogP contribution in [0, 0.1) is 0 Å². The van der Waals surface area contributed by atoms with Crippen molar-refractivity contribution in [1.82, 2.24) is 0 Å². The van der Waals surface area contributed by atoms with Crippen molar-refractivity contribution in [3.63, 3.8) is 0 Å². The lowest BCUT2D eigenvalue weighted by Gasteiger charge is -2.05. The first-order valence-corrected chi connectivity index (χ1v) is 6.83. The maximum Gasteiger partial charge on any atom is 0.159 e. The third-order valence-electron chi connectivity index (χ3n) is 2.88. The van der Waals surface area contributed by atoms with E-state index >= 15 is 0 Å². The van der Waals surface area contributed by atoms with Crippen molar-refractivity contribution in [3.8, 4) is 0 Å². The topological polar surface area (TPSA) is 26.3 Å². The van der Waals surface area contributed by atoms with Crippen molar-refractivity contribution < 1.29 is 9.53 Å². The molecule has 0 saturated heterocycles. The molecule has 0 N–H and O–H groups in total. The van der Waals surface area contributed by atoms with Gasteiger partial charge in [0.25, 0.3) is 0 Å². The number of hydrogen-bond acceptors (Lipinski definition) is 2. The molecule has 0 aliphatic heterocycles. The summed E-state index contributed by atoms with van der Waals surface area (Å²) in [6, 6.07) is 7.53. The van der Waals surface area contributed by atoms with Gasteiger partial charge in [0.05, 0.1) is 12.4 Å². The van der Waals surface area contributed by atoms with E-state index < -0.39 is 0 Å². The molecule has 0 heterocycles. The van der Waals surface area contributed by atoms with Gasteiger partial charge in [-0.25, -0.2) is 0 Å². The normalized spacial score (nSPS) is 12.2. The second-order valence-electron chi connectivity index (χ2n) is 4.59. The molecule has 0 saturated carbocycles. The molecule has 20 heavy (non-hydrogen) atoms. The molecule has 0 aliphatic rings. The van der Waals surface area contributed by atoms with Gasteiger partial charge < -0.3 is 4.74 Å². The molecule has 2 heteroatoms. The molecule has 0 unspecified atom stereocenters. The van der Waals surface area contributed by atoms with Crippen molar-refractivity contribution in [3.05, 3.63) is 66.0 Å². The summed E-state index contributed by atoms with van der Waals surface area (Å²) >= 11 is 0. The van der Waals surface area contributed by atoms with Gasteiger partial charge in [0.1, 0.15) is 0 Å². The Morgan fingerprint density at radius 3 is 2.25 bits per heavy atom. The van der Waals surface area contributed by atoms with Gasteiger partial charge in [-0.3, -0.25) is 4.79 Å². The van der Waals surface area contributed by atoms with Gasteiger partial charge in [0.15, 0.2) is 5.78 Å². The van der Waals surface area contributed by atoms with E-state index in [-0.39, 0.29) is 5.78 Å². The Morgan fingerprint density at radius 1 is 1.15 bits per heavy atom. The van der Waals surface area contributed by atoms with Crippen molar-refractivity contribution in [2.45, 2.75) is 27.2 Å². The van der Waals surface area contributed by atoms with E-state index in [9.17, 15) is 4.79 Å². The van der Waals surface area contributed by atoms with Gasteiger partial charge in [-0.2, -0.15) is 0 Å². The van der Waals surface area contributed by atoms with Crippen LogP contribution in [0.15, 0.2) is 54.8 Å². The van der Waals surface area contributed by atoms with Gasteiger partial charge >= 0.3 is 0 Å². The van der Waals surface area contributed by atoms with Crippen LogP contribution in [0.3, 0.4) is 0 Å². The van der Waals surface area contributed by atoms with E-state index in [0.717, 1.165) is 35.5 Å². The summed E-state index contributed by atoms with van der Waals surface area (Å²) in [6.45, 7) is 10.1. The Bertz CT molecular complexity index is 519. The summed E-state index contributed by atoms with van der Waals surface area (Å²) in [5.41, 5.74) is 2.75. The Kier molecular flexibility index (Phi) is 6.51. The number of carbonyl (C=O) groups excluding carboxylic acids is 1. The average Bonchev–Trinajstić information content (AvgIpc) is 2.46. The molecule has 106 valence electrons. The number of ketones is 1. The number of rotatable bonds is 7. The van der Waals surface area contributed by atoms with E-state index in [2.05, 4.69) is 13.5 Å². The zero-order valence-corrected chi connectivity index (χ0v) is 12.5. The van der Waals surface area contributed by atoms with Crippen LogP contribution in [-0.2, 0) is 4.74 Å². The number of allylic oxidation sites excluding steroid dienone is 5. The first-order valence-electron chi connectivity index (χ1n) is 6.83. The number of carbonyl (C=O) groups is 1. The second-order valence-corrected chi connectivity index (χ2v) is 4.59. The summed E-state index contributed by atoms with van der Waals surface area (Å²) < 4.78 is 5.51. The lowest BCUT2D eigenvalue weighted by atomic mass is 10.0. The largest absolute Gasteiger partial charge is 0.498 e. The lowest BCUT2D eigenvalue weighted by molar-refractivity contribution is 0.101. The summed E-state index contributed by atoms with van der Waals surface area (Å²) in [5.74, 6) is 0.955. The quantitative estimate of drug-likeness (QED) is 0.404. The fourth-order valence-electron chi connectivity index (χ4n) is 1.70. The first kappa shape index (κ1) is 16.0. The predicted molar refractivity (Wildman–Crippen MR) is 84.6 cm³/mol. The van der Waals surface area contributed by atoms with Gasteiger partial charge in [0, 0.05) is 5.56 Å². The molecular formula is C18H22O2. The van der Waals surface area contributed by atoms with Crippen molar-refractivity contribution in [1.29, 1.82) is 0 Å². The molecule has 0 fully saturated rings. The van der Waals surface area contributed by atoms with Crippen LogP contribution in [-0.4, -0.2) is 12.4 Å². The molecule has 2 nitrogen and oxygen atoms in total. The summed E-state index contributed by atoms with van der Waals surface area (Å²) in [4.78, 5) is 11.3. The zero-order valence-electron chi connectivity index (χ0n) is 12.5. The smallest absolute Gasteiger partial charge is 0.159 e. The van der Waals surface area contributed by atoms with Gasteiger partial charge in [-0.1, -0.05) is 49.9 Å². The average molecular weight is 270 g/mol. The molecule has 0 radical (unpaired) electrons. The molecule has 0 bridgehead atoms. The van der Waals surface area contributed by atoms with Crippen molar-refractivity contribution in [2.24, 2.45) is 0 Å². The molecule has 1 rings (SSSR count). The Labute approximate surface area is 121 Å². The standard InChI is InChI=1S/C18H22O2/c1-5-13-20-14(3)7-8-16(6-2)18-11-9-17(10-12-18)15(4)19/h6-12H,2,5,13H2,1,3-4H3/b14-7+,16-8+. The van der Waals surface area contributed by atoms with E-state index in [1.807, 2.05) is 43.3 Å². The minimum Gasteiger partial charge on any atom is -0.498 e. The molecule has 0 aliphatic carbocycles. The maximum atomic E-state index is 11.3. The fourth-order valence-corrected chi connectivity index (χ4v) is 1.70. The van der Waals surface area contributed by atoms with Crippen LogP contribution in [0.2, 0.25) is 0 Å². The van der Waals surface area contributed by atoms with Crippen LogP contribution >= 0.6 is 0 Å². The Morgan fingerprint density at radius 2 is 1.75 bits per heavy atom. The second kappa shape index (κ2) is 8.16. The summed E-state index contributed by atoms with van der Waals surface area (Å²) in [6.07, 6.45) is 6.70. The zero-order chi connectivity index (χ0) is 15.0. The molecular weight excluding hydrogens is 248 g/mol. The SMILES string of the molecule is C=C/C(=C\C=C(/C)OCCC)c1ccc(C(C)=O)cc1. The fraction of sp³-hybridized carbons (Fsp3) is 0.278. The van der Waals surface area contributed by atoms with Crippen LogP contribution in [0.4, 0.5) is 0 Å². The number of Topliss-reactive ketones (excluding diaryl/α,β-unsaturated/α-hetero) is 1. The van der Waals surface area contributed by atoms with Crippen LogP contribution in [0.25, 0.3) is 5.57 Å². The highest BCUT2D eigenvalue weighted by Crippen LogP contribution is 2.17. The highest BCUT2D eigenvalue weighted by molar-refractivity contribution is 5.94. The third kappa shape index (κ3) is 4.88. The van der Waals surface area contributed by atoms with Crippen molar-refractivity contribution in [2.75, 3.05) is 6.61 Å². The summed E-state index contributed by atoms with van der Waals surface area (Å²) in [5, 5.41) is 0. The van der Waals surface area contributed by atoms with Gasteiger partial charge in [-0.05, 0) is 37.5 Å². The monoisotopic (exact) mass is 270 g/mol. The highest BCUT2D eigenvalue weighted by Gasteiger charge is 2.00. The van der Waals surface area contributed by atoms with E-state index in [1.54, 1.807) is 13.0 Å². The van der Waals surface area contributed by atoms with Gasteiger partial charge in [-0.15, -0.1) is 0 Å². The lowest BCUT2D eigenvalue weighted by Crippen LogP contribution is -1.92. The molecule has 1 aromatic carbocycles. The van der Waals surface area contributed by atoms with Crippen LogP contribution in [0.1, 0.15) is 43.1 Å². The molecule has 0 amide bonds. The summed E-state index contributed by atoms with van der Waals surface area (Å²) in [7, 11) is 0. The maximum absolute atomic E-state index is 11.3. The van der Waals surface area contributed by atoms with E-state index in [4.69, 9.17) is 4.74 Å². The van der Waals surface area contributed by atoms with E-state index in [1.165, 1.54) is 0 Å². The first-order chi connectivity index (χ1) is 9.58. The number of benzene rings is 1. The van der Waals surface area contributed by atoms with Crippen molar-refractivity contribution >= 4 is 11.4 Å². The molecule has 1 aromatic rings. The minimum absolute atomic E-state index is 0.0735. The van der Waals surface area contributed by atoms with Crippen LogP contribution < -0.4 is 0 Å². The van der Waals surface area contributed by atoms with Gasteiger partial charge in [0.2, 0.25) is 0 Å². The highest BCUT2D eigenvalue weighted by atomic mass is 16.5. The minimum atomic E-state index is 0.0735. The van der Waals surface area contributed by atoms with Crippen LogP contribution in [0.5, 0.6) is 0 Å². The number of ether oxygens (including phenoxy) is 1. The number of hydrogen-bond donors (Lipinski definition) is 0. The molecule has 0 spiro atoms. The predicted octanol–water partition coefficient (Wildman–Crippen LogP) is 4.79. The third-order valence-corrected chi connectivity index (χ3v) is 2.88. The molecule has 0 aromatic heterocycles. The molecule has 0 atom stereocenters. The Balaban J connectivity index is 2.89.